The van der Waals surface area contributed by atoms with Crippen molar-refractivity contribution in [2.24, 2.45) is 0 Å². The number of rotatable bonds is 7. The SMILES string of the molecule is C=C/C=C(\C=C)CN(Cc1ccccc1)C1CCC(=O)CC1. The summed E-state index contributed by atoms with van der Waals surface area (Å²) in [6, 6.07) is 11.0. The summed E-state index contributed by atoms with van der Waals surface area (Å²) < 4.78 is 0. The van der Waals surface area contributed by atoms with E-state index in [0.717, 1.165) is 25.9 Å². The number of nitrogens with zero attached hydrogens (tertiary/aromatic N) is 1. The van der Waals surface area contributed by atoms with Gasteiger partial charge in [-0.2, -0.15) is 0 Å². The fourth-order valence-corrected chi connectivity index (χ4v) is 2.99. The third kappa shape index (κ3) is 4.81. The molecule has 0 atom stereocenters. The third-order valence-electron chi connectivity index (χ3n) is 4.24. The van der Waals surface area contributed by atoms with Crippen molar-refractivity contribution >= 4 is 5.78 Å². The largest absolute Gasteiger partial charge is 0.300 e. The summed E-state index contributed by atoms with van der Waals surface area (Å²) in [6.07, 6.45) is 9.07. The Morgan fingerprint density at radius 3 is 2.45 bits per heavy atom. The van der Waals surface area contributed by atoms with Crippen molar-refractivity contribution in [3.8, 4) is 0 Å². The van der Waals surface area contributed by atoms with Crippen molar-refractivity contribution in [3.63, 3.8) is 0 Å². The van der Waals surface area contributed by atoms with Gasteiger partial charge in [0, 0.05) is 32.0 Å². The normalized spacial score (nSPS) is 16.8. The molecule has 0 N–H and O–H groups in total. The van der Waals surface area contributed by atoms with Crippen LogP contribution in [0.25, 0.3) is 0 Å². The zero-order valence-electron chi connectivity index (χ0n) is 13.2. The molecule has 2 rings (SSSR count). The predicted octanol–water partition coefficient (Wildman–Crippen LogP) is 4.30. The van der Waals surface area contributed by atoms with Crippen LogP contribution in [-0.4, -0.2) is 23.3 Å². The standard InChI is InChI=1S/C20H25NO/c1-3-8-17(4-2)15-21(16-18-9-6-5-7-10-18)19-11-13-20(22)14-12-19/h3-10,19H,1-2,11-16H2/b17-8+. The van der Waals surface area contributed by atoms with Crippen LogP contribution in [0.15, 0.2) is 67.3 Å². The van der Waals surface area contributed by atoms with Crippen molar-refractivity contribution in [1.29, 1.82) is 0 Å². The van der Waals surface area contributed by atoms with Gasteiger partial charge >= 0.3 is 0 Å². The lowest BCUT2D eigenvalue weighted by atomic mass is 9.92. The minimum Gasteiger partial charge on any atom is -0.300 e. The van der Waals surface area contributed by atoms with E-state index in [4.69, 9.17) is 0 Å². The molecule has 22 heavy (non-hydrogen) atoms. The van der Waals surface area contributed by atoms with E-state index in [2.05, 4.69) is 42.3 Å². The quantitative estimate of drug-likeness (QED) is 0.699. The molecule has 1 aliphatic rings. The molecule has 1 saturated carbocycles. The Morgan fingerprint density at radius 1 is 1.18 bits per heavy atom. The molecule has 2 nitrogen and oxygen atoms in total. The molecule has 0 saturated heterocycles. The van der Waals surface area contributed by atoms with Gasteiger partial charge in [0.2, 0.25) is 0 Å². The highest BCUT2D eigenvalue weighted by molar-refractivity contribution is 5.79. The van der Waals surface area contributed by atoms with E-state index < -0.39 is 0 Å². The van der Waals surface area contributed by atoms with Crippen LogP contribution in [-0.2, 0) is 11.3 Å². The molecule has 0 radical (unpaired) electrons. The molecule has 1 aromatic rings. The first-order valence-corrected chi connectivity index (χ1v) is 7.96. The van der Waals surface area contributed by atoms with Crippen LogP contribution in [0.4, 0.5) is 0 Å². The van der Waals surface area contributed by atoms with Gasteiger partial charge in [-0.3, -0.25) is 9.69 Å². The molecular weight excluding hydrogens is 270 g/mol. The molecule has 0 aliphatic heterocycles. The van der Waals surface area contributed by atoms with E-state index in [1.54, 1.807) is 0 Å². The lowest BCUT2D eigenvalue weighted by molar-refractivity contribution is -0.121. The molecule has 0 amide bonds. The van der Waals surface area contributed by atoms with Gasteiger partial charge in [0.05, 0.1) is 0 Å². The zero-order chi connectivity index (χ0) is 15.8. The van der Waals surface area contributed by atoms with E-state index in [1.807, 2.05) is 24.3 Å². The molecule has 0 spiro atoms. The summed E-state index contributed by atoms with van der Waals surface area (Å²) in [4.78, 5) is 14.0. The molecule has 1 aromatic carbocycles. The number of hydrogen-bond acceptors (Lipinski definition) is 2. The van der Waals surface area contributed by atoms with E-state index in [-0.39, 0.29) is 0 Å². The molecule has 0 bridgehead atoms. The number of benzene rings is 1. The number of carbonyl (C=O) groups is 1. The van der Waals surface area contributed by atoms with Crippen LogP contribution in [0.2, 0.25) is 0 Å². The molecule has 1 fully saturated rings. The second kappa shape index (κ2) is 8.50. The molecule has 0 aromatic heterocycles. The molecular formula is C20H25NO. The van der Waals surface area contributed by atoms with Gasteiger partial charge in [-0.1, -0.05) is 61.7 Å². The number of Topliss-reactive ketones (excluding diaryl/α,β-unsaturated/α-hetero) is 1. The average molecular weight is 295 g/mol. The average Bonchev–Trinajstić information content (AvgIpc) is 2.55. The van der Waals surface area contributed by atoms with Gasteiger partial charge < -0.3 is 0 Å². The maximum absolute atomic E-state index is 11.5. The van der Waals surface area contributed by atoms with E-state index >= 15 is 0 Å². The molecule has 0 unspecified atom stereocenters. The number of allylic oxidation sites excluding steroid dienone is 2. The van der Waals surface area contributed by atoms with Gasteiger partial charge in [0.1, 0.15) is 5.78 Å². The summed E-state index contributed by atoms with van der Waals surface area (Å²) >= 11 is 0. The van der Waals surface area contributed by atoms with Crippen LogP contribution in [0.3, 0.4) is 0 Å². The van der Waals surface area contributed by atoms with Crippen LogP contribution in [0.1, 0.15) is 31.2 Å². The minimum absolute atomic E-state index is 0.404. The monoisotopic (exact) mass is 295 g/mol. The van der Waals surface area contributed by atoms with Gasteiger partial charge in [0.15, 0.2) is 0 Å². The highest BCUT2D eigenvalue weighted by Crippen LogP contribution is 2.23. The Kier molecular flexibility index (Phi) is 6.35. The zero-order valence-corrected chi connectivity index (χ0v) is 13.2. The van der Waals surface area contributed by atoms with Crippen LogP contribution >= 0.6 is 0 Å². The Morgan fingerprint density at radius 2 is 1.86 bits per heavy atom. The lowest BCUT2D eigenvalue weighted by Crippen LogP contribution is -2.38. The van der Waals surface area contributed by atoms with Crippen molar-refractivity contribution in [2.45, 2.75) is 38.3 Å². The summed E-state index contributed by atoms with van der Waals surface area (Å²) in [7, 11) is 0. The third-order valence-corrected chi connectivity index (χ3v) is 4.24. The summed E-state index contributed by atoms with van der Waals surface area (Å²) in [5, 5.41) is 0. The summed E-state index contributed by atoms with van der Waals surface area (Å²) in [6.45, 7) is 9.43. The minimum atomic E-state index is 0.404. The summed E-state index contributed by atoms with van der Waals surface area (Å²) in [5.74, 6) is 0.404. The van der Waals surface area contributed by atoms with Crippen molar-refractivity contribution < 1.29 is 4.79 Å². The molecule has 2 heteroatoms. The van der Waals surface area contributed by atoms with Crippen molar-refractivity contribution in [2.75, 3.05) is 6.54 Å². The Hall–Kier alpha value is -1.93. The van der Waals surface area contributed by atoms with E-state index in [9.17, 15) is 4.79 Å². The molecule has 1 aliphatic carbocycles. The van der Waals surface area contributed by atoms with Gasteiger partial charge in [-0.25, -0.2) is 0 Å². The van der Waals surface area contributed by atoms with Crippen molar-refractivity contribution in [3.05, 3.63) is 72.9 Å². The first-order valence-electron chi connectivity index (χ1n) is 7.96. The Labute approximate surface area is 133 Å². The number of carbonyl (C=O) groups excluding carboxylic acids is 1. The fraction of sp³-hybridized carbons (Fsp3) is 0.350. The highest BCUT2D eigenvalue weighted by atomic mass is 16.1. The smallest absolute Gasteiger partial charge is 0.133 e. The van der Waals surface area contributed by atoms with Crippen LogP contribution in [0, 0.1) is 0 Å². The summed E-state index contributed by atoms with van der Waals surface area (Å²) in [5.41, 5.74) is 2.48. The van der Waals surface area contributed by atoms with Gasteiger partial charge in [-0.05, 0) is 24.0 Å². The first kappa shape index (κ1) is 16.4. The van der Waals surface area contributed by atoms with Crippen LogP contribution in [0.5, 0.6) is 0 Å². The van der Waals surface area contributed by atoms with Gasteiger partial charge in [-0.15, -0.1) is 0 Å². The topological polar surface area (TPSA) is 20.3 Å². The fourth-order valence-electron chi connectivity index (χ4n) is 2.99. The lowest BCUT2D eigenvalue weighted by Gasteiger charge is -2.34. The van der Waals surface area contributed by atoms with Gasteiger partial charge in [0.25, 0.3) is 0 Å². The Bertz CT molecular complexity index is 534. The van der Waals surface area contributed by atoms with E-state index in [1.165, 1.54) is 11.1 Å². The van der Waals surface area contributed by atoms with E-state index in [0.29, 0.717) is 24.7 Å². The second-order valence-corrected chi connectivity index (χ2v) is 5.84. The molecule has 116 valence electrons. The maximum Gasteiger partial charge on any atom is 0.133 e. The highest BCUT2D eigenvalue weighted by Gasteiger charge is 2.24. The maximum atomic E-state index is 11.5. The molecule has 0 heterocycles. The number of ketones is 1. The predicted molar refractivity (Wildman–Crippen MR) is 92.6 cm³/mol. The van der Waals surface area contributed by atoms with Crippen LogP contribution < -0.4 is 0 Å². The Balaban J connectivity index is 2.12. The number of hydrogen-bond donors (Lipinski definition) is 0. The first-order chi connectivity index (χ1) is 10.7. The van der Waals surface area contributed by atoms with Crippen molar-refractivity contribution in [1.82, 2.24) is 4.90 Å². The second-order valence-electron chi connectivity index (χ2n) is 5.84.